The van der Waals surface area contributed by atoms with Crippen LogP contribution in [0.3, 0.4) is 0 Å². The average molecular weight is 296 g/mol. The lowest BCUT2D eigenvalue weighted by atomic mass is 10.1. The second-order valence-electron chi connectivity index (χ2n) is 3.60. The van der Waals surface area contributed by atoms with Gasteiger partial charge in [0.05, 0.1) is 4.92 Å². The molecule has 0 radical (unpaired) electrons. The number of benzene rings is 1. The van der Waals surface area contributed by atoms with E-state index in [9.17, 15) is 14.9 Å². The van der Waals surface area contributed by atoms with Crippen LogP contribution in [-0.4, -0.2) is 22.0 Å². The minimum absolute atomic E-state index is 0.0461. The average Bonchev–Trinajstić information content (AvgIpc) is 2.35. The lowest BCUT2D eigenvalue weighted by Gasteiger charge is -2.04. The first kappa shape index (κ1) is 15.4. The minimum atomic E-state index is -0.749. The number of primary amides is 1. The normalized spacial score (nSPS) is 9.80. The van der Waals surface area contributed by atoms with E-state index in [0.29, 0.717) is 5.56 Å². The molecule has 1 rings (SSSR count). The van der Waals surface area contributed by atoms with E-state index in [4.69, 9.17) is 22.6 Å². The molecule has 1 aromatic carbocycles. The van der Waals surface area contributed by atoms with Crippen molar-refractivity contribution in [1.82, 2.24) is 0 Å². The Kier molecular flexibility index (Phi) is 5.03. The molecular formula is C10H12N6O3S. The second-order valence-corrected chi connectivity index (χ2v) is 4.56. The summed E-state index contributed by atoms with van der Waals surface area (Å²) in [4.78, 5) is 24.8. The number of nitro groups is 1. The first-order chi connectivity index (χ1) is 9.31. The SMILES string of the molecule is N=C(N=C(N)N)SCc1ccc(C(N)=O)cc1[N+](=O)[O-]. The predicted molar refractivity (Wildman–Crippen MR) is 76.4 cm³/mol. The number of hydrogen-bond donors (Lipinski definition) is 4. The molecule has 0 aromatic heterocycles. The van der Waals surface area contributed by atoms with E-state index in [1.165, 1.54) is 12.1 Å². The second kappa shape index (κ2) is 6.52. The van der Waals surface area contributed by atoms with Crippen molar-refractivity contribution in [2.45, 2.75) is 5.75 Å². The maximum atomic E-state index is 11.0. The Balaban J connectivity index is 2.95. The zero-order chi connectivity index (χ0) is 15.3. The molecule has 0 fully saturated rings. The van der Waals surface area contributed by atoms with Crippen molar-refractivity contribution in [3.05, 3.63) is 39.4 Å². The van der Waals surface area contributed by atoms with Gasteiger partial charge in [-0.15, -0.1) is 0 Å². The van der Waals surface area contributed by atoms with Gasteiger partial charge in [0.2, 0.25) is 5.91 Å². The molecule has 0 unspecified atom stereocenters. The molecule has 106 valence electrons. The standard InChI is InChI=1S/C10H12N6O3S/c11-8(17)5-1-2-6(7(3-5)16(18)19)4-20-10(14)15-9(12)13/h1-3H,4H2,(H2,11,17)(H5,12,13,14,15). The highest BCUT2D eigenvalue weighted by Gasteiger charge is 2.16. The summed E-state index contributed by atoms with van der Waals surface area (Å²) < 4.78 is 0. The molecule has 7 N–H and O–H groups in total. The monoisotopic (exact) mass is 296 g/mol. The number of nitro benzene ring substituents is 1. The van der Waals surface area contributed by atoms with Gasteiger partial charge in [0.1, 0.15) is 0 Å². The van der Waals surface area contributed by atoms with E-state index in [0.717, 1.165) is 17.8 Å². The number of amides is 1. The van der Waals surface area contributed by atoms with E-state index >= 15 is 0 Å². The van der Waals surface area contributed by atoms with E-state index < -0.39 is 10.8 Å². The van der Waals surface area contributed by atoms with Crippen LogP contribution in [0.1, 0.15) is 15.9 Å². The van der Waals surface area contributed by atoms with Crippen molar-refractivity contribution in [3.63, 3.8) is 0 Å². The van der Waals surface area contributed by atoms with E-state index in [2.05, 4.69) is 4.99 Å². The fourth-order valence-corrected chi connectivity index (χ4v) is 2.01. The highest BCUT2D eigenvalue weighted by Crippen LogP contribution is 2.25. The van der Waals surface area contributed by atoms with Gasteiger partial charge in [0.25, 0.3) is 5.69 Å². The quantitative estimate of drug-likeness (QED) is 0.266. The zero-order valence-electron chi connectivity index (χ0n) is 10.2. The van der Waals surface area contributed by atoms with Gasteiger partial charge in [-0.3, -0.25) is 20.3 Å². The zero-order valence-corrected chi connectivity index (χ0v) is 11.0. The van der Waals surface area contributed by atoms with Crippen molar-refractivity contribution < 1.29 is 9.72 Å². The number of guanidine groups is 1. The third-order valence-corrected chi connectivity index (χ3v) is 2.98. The highest BCUT2D eigenvalue weighted by atomic mass is 32.2. The molecule has 0 aliphatic rings. The predicted octanol–water partition coefficient (Wildman–Crippen LogP) is 0.135. The van der Waals surface area contributed by atoms with Crippen LogP contribution in [0, 0.1) is 15.5 Å². The molecule has 0 saturated heterocycles. The van der Waals surface area contributed by atoms with Crippen molar-refractivity contribution >= 4 is 34.5 Å². The van der Waals surface area contributed by atoms with Crippen LogP contribution in [0.4, 0.5) is 5.69 Å². The fourth-order valence-electron chi connectivity index (χ4n) is 1.30. The third-order valence-electron chi connectivity index (χ3n) is 2.16. The number of amidine groups is 1. The molecule has 1 amide bonds. The molecular weight excluding hydrogens is 284 g/mol. The topological polar surface area (TPSA) is 174 Å². The molecule has 20 heavy (non-hydrogen) atoms. The van der Waals surface area contributed by atoms with Crippen LogP contribution in [0.5, 0.6) is 0 Å². The van der Waals surface area contributed by atoms with Crippen LogP contribution in [-0.2, 0) is 5.75 Å². The van der Waals surface area contributed by atoms with E-state index in [1.807, 2.05) is 0 Å². The largest absolute Gasteiger partial charge is 0.370 e. The maximum absolute atomic E-state index is 11.0. The van der Waals surface area contributed by atoms with Crippen LogP contribution < -0.4 is 17.2 Å². The van der Waals surface area contributed by atoms with Gasteiger partial charge in [-0.25, -0.2) is 0 Å². The van der Waals surface area contributed by atoms with Gasteiger partial charge in [-0.1, -0.05) is 17.8 Å². The molecule has 0 heterocycles. The van der Waals surface area contributed by atoms with Crippen LogP contribution >= 0.6 is 11.8 Å². The Labute approximate surface area is 117 Å². The van der Waals surface area contributed by atoms with Gasteiger partial charge < -0.3 is 17.2 Å². The molecule has 0 bridgehead atoms. The number of nitrogens with zero attached hydrogens (tertiary/aromatic N) is 2. The number of rotatable bonds is 4. The van der Waals surface area contributed by atoms with E-state index in [-0.39, 0.29) is 28.1 Å². The lowest BCUT2D eigenvalue weighted by Crippen LogP contribution is -2.23. The number of nitrogens with two attached hydrogens (primary N) is 3. The van der Waals surface area contributed by atoms with Crippen LogP contribution in [0.2, 0.25) is 0 Å². The van der Waals surface area contributed by atoms with Crippen LogP contribution in [0.15, 0.2) is 23.2 Å². The third kappa shape index (κ3) is 4.24. The van der Waals surface area contributed by atoms with E-state index in [1.54, 1.807) is 0 Å². The number of aliphatic imine (C=N–C) groups is 1. The molecule has 9 nitrogen and oxygen atoms in total. The fraction of sp³-hybridized carbons (Fsp3) is 0.100. The Morgan fingerprint density at radius 2 is 2.05 bits per heavy atom. The first-order valence-electron chi connectivity index (χ1n) is 5.19. The summed E-state index contributed by atoms with van der Waals surface area (Å²) in [5.41, 5.74) is 15.4. The minimum Gasteiger partial charge on any atom is -0.370 e. The maximum Gasteiger partial charge on any atom is 0.274 e. The molecule has 10 heteroatoms. The smallest absolute Gasteiger partial charge is 0.274 e. The summed E-state index contributed by atoms with van der Waals surface area (Å²) in [7, 11) is 0. The summed E-state index contributed by atoms with van der Waals surface area (Å²) >= 11 is 0.919. The van der Waals surface area contributed by atoms with Gasteiger partial charge in [0.15, 0.2) is 11.1 Å². The molecule has 0 aliphatic carbocycles. The van der Waals surface area contributed by atoms with Gasteiger partial charge >= 0.3 is 0 Å². The van der Waals surface area contributed by atoms with Crippen LogP contribution in [0.25, 0.3) is 0 Å². The lowest BCUT2D eigenvalue weighted by molar-refractivity contribution is -0.385. The molecule has 0 aliphatic heterocycles. The first-order valence-corrected chi connectivity index (χ1v) is 6.18. The van der Waals surface area contributed by atoms with Gasteiger partial charge in [0, 0.05) is 22.9 Å². The molecule has 0 spiro atoms. The molecule has 0 atom stereocenters. The number of nitrogens with one attached hydrogen (secondary N) is 1. The van der Waals surface area contributed by atoms with Crippen molar-refractivity contribution in [2.75, 3.05) is 0 Å². The van der Waals surface area contributed by atoms with Crippen molar-refractivity contribution in [3.8, 4) is 0 Å². The Morgan fingerprint density at radius 1 is 1.40 bits per heavy atom. The number of hydrogen-bond acceptors (Lipinski definition) is 5. The van der Waals surface area contributed by atoms with Crippen molar-refractivity contribution in [1.29, 1.82) is 5.41 Å². The summed E-state index contributed by atoms with van der Waals surface area (Å²) in [6.07, 6.45) is 0. The number of carbonyl (C=O) groups is 1. The van der Waals surface area contributed by atoms with Gasteiger partial charge in [-0.05, 0) is 6.07 Å². The molecule has 0 saturated carbocycles. The Bertz CT molecular complexity index is 597. The summed E-state index contributed by atoms with van der Waals surface area (Å²) in [6, 6.07) is 3.89. The number of thioether (sulfide) groups is 1. The Morgan fingerprint density at radius 3 is 2.55 bits per heavy atom. The molecule has 1 aromatic rings. The summed E-state index contributed by atoms with van der Waals surface area (Å²) in [5, 5.41) is 18.2. The van der Waals surface area contributed by atoms with Gasteiger partial charge in [-0.2, -0.15) is 4.99 Å². The summed E-state index contributed by atoms with van der Waals surface area (Å²) in [6.45, 7) is 0. The Hall–Kier alpha value is -2.62. The van der Waals surface area contributed by atoms with Crippen molar-refractivity contribution in [2.24, 2.45) is 22.2 Å². The summed E-state index contributed by atoms with van der Waals surface area (Å²) in [5.74, 6) is -0.896. The number of carbonyl (C=O) groups excluding carboxylic acids is 1. The highest BCUT2D eigenvalue weighted by molar-refractivity contribution is 8.13.